The average molecular weight is 340 g/mol. The van der Waals surface area contributed by atoms with Crippen LogP contribution in [0.25, 0.3) is 0 Å². The lowest BCUT2D eigenvalue weighted by Gasteiger charge is -2.06. The molecule has 0 aliphatic carbocycles. The molecule has 7 nitrogen and oxygen atoms in total. The second kappa shape index (κ2) is 7.60. The normalized spacial score (nSPS) is 10.4. The molecule has 0 aliphatic rings. The molecule has 2 aromatic heterocycles. The summed E-state index contributed by atoms with van der Waals surface area (Å²) in [5.41, 5.74) is 1.49. The molecular formula is C16H16N6OS. The minimum absolute atomic E-state index is 0.127. The van der Waals surface area contributed by atoms with Gasteiger partial charge in [0.2, 0.25) is 11.9 Å². The number of carbonyl (C=O) groups excluding carboxylic acids is 1. The number of nitrogens with one attached hydrogen (secondary N) is 2. The van der Waals surface area contributed by atoms with Gasteiger partial charge in [-0.25, -0.2) is 9.97 Å². The number of amides is 1. The van der Waals surface area contributed by atoms with Crippen molar-refractivity contribution in [3.8, 4) is 0 Å². The number of anilines is 3. The lowest BCUT2D eigenvalue weighted by atomic mass is 10.3. The van der Waals surface area contributed by atoms with Crippen LogP contribution in [0.2, 0.25) is 0 Å². The summed E-state index contributed by atoms with van der Waals surface area (Å²) in [6.07, 6.45) is 8.66. The Bertz CT molecular complexity index is 803. The summed E-state index contributed by atoms with van der Waals surface area (Å²) in [6.45, 7) is 0.127. The van der Waals surface area contributed by atoms with Gasteiger partial charge in [0.25, 0.3) is 0 Å². The van der Waals surface area contributed by atoms with Crippen LogP contribution in [-0.4, -0.2) is 31.9 Å². The molecule has 2 heterocycles. The molecule has 1 aromatic carbocycles. The fraction of sp³-hybridized carbons (Fsp3) is 0.125. The van der Waals surface area contributed by atoms with Gasteiger partial charge in [0.15, 0.2) is 0 Å². The maximum atomic E-state index is 12.1. The van der Waals surface area contributed by atoms with Crippen molar-refractivity contribution in [2.75, 3.05) is 16.9 Å². The van der Waals surface area contributed by atoms with Gasteiger partial charge in [-0.05, 0) is 36.6 Å². The highest BCUT2D eigenvalue weighted by molar-refractivity contribution is 7.98. The molecule has 3 aromatic rings. The first-order valence-corrected chi connectivity index (χ1v) is 8.46. The quantitative estimate of drug-likeness (QED) is 0.671. The lowest BCUT2D eigenvalue weighted by molar-refractivity contribution is -0.116. The molecule has 0 spiro atoms. The van der Waals surface area contributed by atoms with E-state index >= 15 is 0 Å². The molecule has 1 amide bonds. The van der Waals surface area contributed by atoms with E-state index in [1.807, 2.05) is 30.5 Å². The number of aromatic nitrogens is 4. The van der Waals surface area contributed by atoms with E-state index in [-0.39, 0.29) is 12.5 Å². The van der Waals surface area contributed by atoms with E-state index in [4.69, 9.17) is 0 Å². The molecule has 0 saturated heterocycles. The van der Waals surface area contributed by atoms with Gasteiger partial charge in [0.05, 0.1) is 11.9 Å². The molecule has 0 bridgehead atoms. The maximum Gasteiger partial charge on any atom is 0.246 e. The molecule has 0 radical (unpaired) electrons. The summed E-state index contributed by atoms with van der Waals surface area (Å²) in [5, 5.41) is 10.0. The third-order valence-corrected chi connectivity index (χ3v) is 3.88. The number of thioether (sulfide) groups is 1. The topological polar surface area (TPSA) is 84.7 Å². The third kappa shape index (κ3) is 4.32. The van der Waals surface area contributed by atoms with Gasteiger partial charge in [0.1, 0.15) is 6.54 Å². The first-order chi connectivity index (χ1) is 11.7. The average Bonchev–Trinajstić information content (AvgIpc) is 3.03. The van der Waals surface area contributed by atoms with E-state index in [1.54, 1.807) is 47.3 Å². The zero-order valence-electron chi connectivity index (χ0n) is 13.0. The van der Waals surface area contributed by atoms with Crippen molar-refractivity contribution >= 4 is 35.0 Å². The summed E-state index contributed by atoms with van der Waals surface area (Å²) < 4.78 is 1.55. The second-order valence-electron chi connectivity index (χ2n) is 4.90. The zero-order chi connectivity index (χ0) is 16.8. The summed E-state index contributed by atoms with van der Waals surface area (Å²) in [7, 11) is 0. The molecule has 0 fully saturated rings. The fourth-order valence-electron chi connectivity index (χ4n) is 2.03. The first kappa shape index (κ1) is 16.0. The molecule has 2 N–H and O–H groups in total. The van der Waals surface area contributed by atoms with Crippen molar-refractivity contribution in [2.24, 2.45) is 0 Å². The molecule has 0 aliphatic heterocycles. The highest BCUT2D eigenvalue weighted by Gasteiger charge is 2.06. The van der Waals surface area contributed by atoms with Gasteiger partial charge in [-0.15, -0.1) is 11.8 Å². The van der Waals surface area contributed by atoms with Crippen molar-refractivity contribution < 1.29 is 4.79 Å². The number of carbonyl (C=O) groups is 1. The van der Waals surface area contributed by atoms with Crippen LogP contribution < -0.4 is 10.6 Å². The van der Waals surface area contributed by atoms with Crippen molar-refractivity contribution in [3.05, 3.63) is 55.1 Å². The number of benzene rings is 1. The predicted molar refractivity (Wildman–Crippen MR) is 94.4 cm³/mol. The standard InChI is InChI=1S/C16H16N6OS/c1-24-14-5-3-12(4-6-14)20-15(23)11-22-10-13(9-19-22)21-16-17-7-2-8-18-16/h2-10H,11H2,1H3,(H,20,23)(H,17,18,21). The van der Waals surface area contributed by atoms with Crippen LogP contribution >= 0.6 is 11.8 Å². The Morgan fingerprint density at radius 3 is 2.62 bits per heavy atom. The van der Waals surface area contributed by atoms with Crippen LogP contribution in [0.4, 0.5) is 17.3 Å². The van der Waals surface area contributed by atoms with Crippen LogP contribution in [0.15, 0.2) is 60.0 Å². The zero-order valence-corrected chi connectivity index (χ0v) is 13.8. The van der Waals surface area contributed by atoms with Crippen LogP contribution in [0.1, 0.15) is 0 Å². The van der Waals surface area contributed by atoms with Gasteiger partial charge in [-0.2, -0.15) is 5.10 Å². The minimum Gasteiger partial charge on any atom is -0.324 e. The third-order valence-electron chi connectivity index (χ3n) is 3.13. The number of nitrogens with zero attached hydrogens (tertiary/aromatic N) is 4. The van der Waals surface area contributed by atoms with E-state index in [0.717, 1.165) is 16.3 Å². The van der Waals surface area contributed by atoms with E-state index < -0.39 is 0 Å². The molecule has 0 unspecified atom stereocenters. The molecule has 122 valence electrons. The summed E-state index contributed by atoms with van der Waals surface area (Å²) in [6, 6.07) is 9.44. The largest absolute Gasteiger partial charge is 0.324 e. The Morgan fingerprint density at radius 2 is 1.92 bits per heavy atom. The molecule has 0 saturated carbocycles. The number of hydrogen-bond acceptors (Lipinski definition) is 6. The van der Waals surface area contributed by atoms with Crippen molar-refractivity contribution in [1.29, 1.82) is 0 Å². The van der Waals surface area contributed by atoms with Gasteiger partial charge in [-0.1, -0.05) is 0 Å². The van der Waals surface area contributed by atoms with E-state index in [9.17, 15) is 4.79 Å². The van der Waals surface area contributed by atoms with E-state index in [1.165, 1.54) is 0 Å². The summed E-state index contributed by atoms with van der Waals surface area (Å²) in [4.78, 5) is 21.4. The summed E-state index contributed by atoms with van der Waals surface area (Å²) >= 11 is 1.66. The first-order valence-electron chi connectivity index (χ1n) is 7.23. The Kier molecular flexibility index (Phi) is 5.07. The van der Waals surface area contributed by atoms with Gasteiger partial charge < -0.3 is 10.6 Å². The van der Waals surface area contributed by atoms with Crippen molar-refractivity contribution in [2.45, 2.75) is 11.4 Å². The monoisotopic (exact) mass is 340 g/mol. The van der Waals surface area contributed by atoms with Crippen LogP contribution in [0.5, 0.6) is 0 Å². The predicted octanol–water partition coefficient (Wildman–Crippen LogP) is 2.78. The molecule has 0 atom stereocenters. The number of hydrogen-bond donors (Lipinski definition) is 2. The van der Waals surface area contributed by atoms with Gasteiger partial charge in [0, 0.05) is 29.2 Å². The molecule has 3 rings (SSSR count). The fourth-order valence-corrected chi connectivity index (χ4v) is 2.44. The van der Waals surface area contributed by atoms with E-state index in [2.05, 4.69) is 25.7 Å². The highest BCUT2D eigenvalue weighted by Crippen LogP contribution is 2.17. The summed E-state index contributed by atoms with van der Waals surface area (Å²) in [5.74, 6) is 0.341. The Balaban J connectivity index is 1.56. The molecule has 24 heavy (non-hydrogen) atoms. The Labute approximate surface area is 143 Å². The second-order valence-corrected chi connectivity index (χ2v) is 5.78. The molecular weight excluding hydrogens is 324 g/mol. The van der Waals surface area contributed by atoms with Gasteiger partial charge in [-0.3, -0.25) is 9.48 Å². The molecule has 8 heteroatoms. The van der Waals surface area contributed by atoms with Crippen molar-refractivity contribution in [1.82, 2.24) is 19.7 Å². The van der Waals surface area contributed by atoms with Gasteiger partial charge >= 0.3 is 0 Å². The smallest absolute Gasteiger partial charge is 0.246 e. The Morgan fingerprint density at radius 1 is 1.17 bits per heavy atom. The maximum absolute atomic E-state index is 12.1. The van der Waals surface area contributed by atoms with Crippen LogP contribution in [-0.2, 0) is 11.3 Å². The van der Waals surface area contributed by atoms with E-state index in [0.29, 0.717) is 5.95 Å². The van der Waals surface area contributed by atoms with Crippen LogP contribution in [0.3, 0.4) is 0 Å². The highest BCUT2D eigenvalue weighted by atomic mass is 32.2. The SMILES string of the molecule is CSc1ccc(NC(=O)Cn2cc(Nc3ncccn3)cn2)cc1. The van der Waals surface area contributed by atoms with Crippen LogP contribution in [0, 0.1) is 0 Å². The van der Waals surface area contributed by atoms with Crippen molar-refractivity contribution in [3.63, 3.8) is 0 Å². The minimum atomic E-state index is -0.141. The Hall–Kier alpha value is -2.87. The lowest BCUT2D eigenvalue weighted by Crippen LogP contribution is -2.18. The number of rotatable bonds is 6.